The summed E-state index contributed by atoms with van der Waals surface area (Å²) in [4.78, 5) is 18.9. The fourth-order valence-corrected chi connectivity index (χ4v) is 3.26. The van der Waals surface area contributed by atoms with Gasteiger partial charge in [-0.15, -0.1) is 0 Å². The topological polar surface area (TPSA) is 110 Å². The van der Waals surface area contributed by atoms with Gasteiger partial charge in [-0.05, 0) is 17.7 Å². The highest BCUT2D eigenvalue weighted by atomic mass is 16.5. The second-order valence-corrected chi connectivity index (χ2v) is 6.64. The van der Waals surface area contributed by atoms with E-state index in [9.17, 15) is 9.90 Å². The minimum absolute atomic E-state index is 0.142. The summed E-state index contributed by atoms with van der Waals surface area (Å²) in [5.41, 5.74) is 8.01. The number of nitrogens with zero attached hydrogens (tertiary/aromatic N) is 2. The van der Waals surface area contributed by atoms with Gasteiger partial charge in [-0.2, -0.15) is 0 Å². The fraction of sp³-hybridized carbons (Fsp3) is 0.273. The summed E-state index contributed by atoms with van der Waals surface area (Å²) >= 11 is 0. The van der Waals surface area contributed by atoms with Crippen LogP contribution in [0.15, 0.2) is 48.7 Å². The molecule has 0 aliphatic rings. The van der Waals surface area contributed by atoms with E-state index in [4.69, 9.17) is 15.2 Å². The smallest absolute Gasteiger partial charge is 0.322 e. The zero-order chi connectivity index (χ0) is 21.5. The second-order valence-electron chi connectivity index (χ2n) is 6.64. The average molecular weight is 410 g/mol. The van der Waals surface area contributed by atoms with Gasteiger partial charge in [0.1, 0.15) is 0 Å². The lowest BCUT2D eigenvalue weighted by Crippen LogP contribution is -2.36. The van der Waals surface area contributed by atoms with E-state index >= 15 is 0 Å². The molecule has 4 N–H and O–H groups in total. The Labute approximate surface area is 175 Å². The van der Waals surface area contributed by atoms with Gasteiger partial charge in [-0.3, -0.25) is 4.98 Å². The predicted octanol–water partition coefficient (Wildman–Crippen LogP) is 2.74. The number of anilines is 1. The zero-order valence-corrected chi connectivity index (χ0v) is 17.1. The second kappa shape index (κ2) is 9.91. The van der Waals surface area contributed by atoms with Crippen LogP contribution in [0.1, 0.15) is 11.3 Å². The third kappa shape index (κ3) is 4.61. The highest BCUT2D eigenvalue weighted by Crippen LogP contribution is 2.36. The molecule has 0 fully saturated rings. The number of urea groups is 1. The molecule has 158 valence electrons. The first-order valence-corrected chi connectivity index (χ1v) is 9.55. The highest BCUT2D eigenvalue weighted by Gasteiger charge is 2.18. The zero-order valence-electron chi connectivity index (χ0n) is 17.1. The van der Waals surface area contributed by atoms with Crippen molar-refractivity contribution >= 4 is 22.5 Å². The lowest BCUT2D eigenvalue weighted by molar-refractivity contribution is 0.185. The van der Waals surface area contributed by atoms with Crippen LogP contribution in [0.4, 0.5) is 10.5 Å². The number of aromatic nitrogens is 1. The van der Waals surface area contributed by atoms with Crippen molar-refractivity contribution in [2.75, 3.05) is 32.7 Å². The monoisotopic (exact) mass is 410 g/mol. The standard InChI is InChI=1S/C22H26N4O4/c1-29-20-10-16-17(11-21(20)30-2)19(13-24-18(16)12-23)25-22(28)26(8-9-27)14-15-6-4-3-5-7-15/h3-7,10-11,13,27H,8-9,12,14,23H2,1-2H3,(H,25,28). The number of ether oxygens (including phenoxy) is 2. The van der Waals surface area contributed by atoms with Gasteiger partial charge in [0.05, 0.1) is 38.4 Å². The van der Waals surface area contributed by atoms with Crippen molar-refractivity contribution in [2.24, 2.45) is 5.73 Å². The van der Waals surface area contributed by atoms with Crippen molar-refractivity contribution in [3.63, 3.8) is 0 Å². The first kappa shape index (κ1) is 21.4. The number of aliphatic hydroxyl groups excluding tert-OH is 1. The largest absolute Gasteiger partial charge is 0.493 e. The molecule has 2 aromatic carbocycles. The van der Waals surface area contributed by atoms with Crippen LogP contribution >= 0.6 is 0 Å². The molecule has 0 saturated heterocycles. The Balaban J connectivity index is 1.95. The molecular weight excluding hydrogens is 384 g/mol. The molecule has 30 heavy (non-hydrogen) atoms. The minimum atomic E-state index is -0.341. The molecule has 3 rings (SSSR count). The quantitative estimate of drug-likeness (QED) is 0.527. The summed E-state index contributed by atoms with van der Waals surface area (Å²) in [6, 6.07) is 12.8. The summed E-state index contributed by atoms with van der Waals surface area (Å²) < 4.78 is 10.8. The molecule has 0 unspecified atom stereocenters. The molecule has 0 aliphatic heterocycles. The third-order valence-corrected chi connectivity index (χ3v) is 4.78. The van der Waals surface area contributed by atoms with Crippen LogP contribution in [0.2, 0.25) is 0 Å². The van der Waals surface area contributed by atoms with E-state index in [0.29, 0.717) is 29.4 Å². The van der Waals surface area contributed by atoms with E-state index in [-0.39, 0.29) is 25.7 Å². The molecule has 2 amide bonds. The summed E-state index contributed by atoms with van der Waals surface area (Å²) in [6.07, 6.45) is 1.58. The number of fused-ring (bicyclic) bond motifs is 1. The highest BCUT2D eigenvalue weighted by molar-refractivity contribution is 6.03. The van der Waals surface area contributed by atoms with Gasteiger partial charge < -0.3 is 30.5 Å². The number of methoxy groups -OCH3 is 2. The third-order valence-electron chi connectivity index (χ3n) is 4.78. The Bertz CT molecular complexity index is 1010. The normalized spacial score (nSPS) is 10.7. The Kier molecular flexibility index (Phi) is 7.05. The van der Waals surface area contributed by atoms with Crippen LogP contribution in [0.25, 0.3) is 10.8 Å². The molecule has 0 spiro atoms. The van der Waals surface area contributed by atoms with Crippen LogP contribution < -0.4 is 20.5 Å². The number of nitrogens with one attached hydrogen (secondary N) is 1. The van der Waals surface area contributed by atoms with Gasteiger partial charge in [-0.25, -0.2) is 4.79 Å². The van der Waals surface area contributed by atoms with E-state index in [1.165, 1.54) is 0 Å². The molecule has 8 heteroatoms. The molecule has 3 aromatic rings. The number of carbonyl (C=O) groups is 1. The number of rotatable bonds is 8. The van der Waals surface area contributed by atoms with Crippen LogP contribution in [0.3, 0.4) is 0 Å². The Morgan fingerprint density at radius 2 is 1.80 bits per heavy atom. The molecule has 1 heterocycles. The molecule has 0 atom stereocenters. The van der Waals surface area contributed by atoms with Crippen molar-refractivity contribution in [3.05, 3.63) is 59.9 Å². The number of hydrogen-bond donors (Lipinski definition) is 3. The van der Waals surface area contributed by atoms with E-state index in [2.05, 4.69) is 10.3 Å². The van der Waals surface area contributed by atoms with Gasteiger partial charge in [0.2, 0.25) is 0 Å². The van der Waals surface area contributed by atoms with Gasteiger partial charge in [0, 0.05) is 30.4 Å². The first-order valence-electron chi connectivity index (χ1n) is 9.55. The van der Waals surface area contributed by atoms with E-state index < -0.39 is 0 Å². The van der Waals surface area contributed by atoms with Gasteiger partial charge >= 0.3 is 6.03 Å². The van der Waals surface area contributed by atoms with Crippen LogP contribution in [0, 0.1) is 0 Å². The SMILES string of the molecule is COc1cc2c(NC(=O)N(CCO)Cc3ccccc3)cnc(CN)c2cc1OC. The van der Waals surface area contributed by atoms with E-state index in [0.717, 1.165) is 16.3 Å². The van der Waals surface area contributed by atoms with Gasteiger partial charge in [-0.1, -0.05) is 30.3 Å². The number of aliphatic hydroxyl groups is 1. The molecular formula is C22H26N4O4. The number of carbonyl (C=O) groups excluding carboxylic acids is 1. The lowest BCUT2D eigenvalue weighted by Gasteiger charge is -2.23. The molecule has 1 aromatic heterocycles. The maximum Gasteiger partial charge on any atom is 0.322 e. The van der Waals surface area contributed by atoms with Gasteiger partial charge in [0.15, 0.2) is 11.5 Å². The maximum absolute atomic E-state index is 13.0. The van der Waals surface area contributed by atoms with Crippen molar-refractivity contribution in [3.8, 4) is 11.5 Å². The van der Waals surface area contributed by atoms with E-state index in [1.807, 2.05) is 30.3 Å². The summed E-state index contributed by atoms with van der Waals surface area (Å²) in [5.74, 6) is 1.09. The Morgan fingerprint density at radius 3 is 2.40 bits per heavy atom. The first-order chi connectivity index (χ1) is 14.6. The van der Waals surface area contributed by atoms with Crippen molar-refractivity contribution in [1.29, 1.82) is 0 Å². The van der Waals surface area contributed by atoms with Crippen LogP contribution in [-0.4, -0.2) is 48.4 Å². The predicted molar refractivity (Wildman–Crippen MR) is 116 cm³/mol. The maximum atomic E-state index is 13.0. The molecule has 0 bridgehead atoms. The number of pyridine rings is 1. The molecule has 0 saturated carbocycles. The lowest BCUT2D eigenvalue weighted by atomic mass is 10.1. The minimum Gasteiger partial charge on any atom is -0.493 e. The number of hydrogen-bond acceptors (Lipinski definition) is 6. The van der Waals surface area contributed by atoms with Crippen LogP contribution in [-0.2, 0) is 13.1 Å². The van der Waals surface area contributed by atoms with Gasteiger partial charge in [0.25, 0.3) is 0 Å². The Hall–Kier alpha value is -3.36. The fourth-order valence-electron chi connectivity index (χ4n) is 3.26. The Morgan fingerprint density at radius 1 is 1.13 bits per heavy atom. The molecule has 8 nitrogen and oxygen atoms in total. The molecule has 0 aliphatic carbocycles. The average Bonchev–Trinajstić information content (AvgIpc) is 2.78. The van der Waals surface area contributed by atoms with Crippen molar-refractivity contribution in [2.45, 2.75) is 13.1 Å². The van der Waals surface area contributed by atoms with Crippen molar-refractivity contribution in [1.82, 2.24) is 9.88 Å². The van der Waals surface area contributed by atoms with Crippen molar-refractivity contribution < 1.29 is 19.4 Å². The number of nitrogens with two attached hydrogens (primary N) is 1. The summed E-state index contributed by atoms with van der Waals surface area (Å²) in [5, 5.41) is 13.8. The summed E-state index contributed by atoms with van der Waals surface area (Å²) in [7, 11) is 3.11. The number of benzene rings is 2. The van der Waals surface area contributed by atoms with E-state index in [1.54, 1.807) is 37.4 Å². The summed E-state index contributed by atoms with van der Waals surface area (Å²) in [6.45, 7) is 0.669. The number of amides is 2. The molecule has 0 radical (unpaired) electrons. The van der Waals surface area contributed by atoms with Crippen LogP contribution in [0.5, 0.6) is 11.5 Å².